The van der Waals surface area contributed by atoms with E-state index in [-0.39, 0.29) is 23.1 Å². The molecular formula is C14H18N4O5S2. The number of sulfonamides is 1. The average molecular weight is 386 g/mol. The van der Waals surface area contributed by atoms with Crippen LogP contribution >= 0.6 is 11.8 Å². The zero-order valence-corrected chi connectivity index (χ0v) is 15.2. The maximum atomic E-state index is 12.5. The highest BCUT2D eigenvalue weighted by Gasteiger charge is 2.28. The molecule has 0 amide bonds. The van der Waals surface area contributed by atoms with Gasteiger partial charge in [0.05, 0.1) is 0 Å². The topological polar surface area (TPSA) is 118 Å². The van der Waals surface area contributed by atoms with E-state index in [1.807, 2.05) is 6.92 Å². The van der Waals surface area contributed by atoms with Crippen LogP contribution in [0.5, 0.6) is 0 Å². The third kappa shape index (κ3) is 4.05. The van der Waals surface area contributed by atoms with E-state index in [2.05, 4.69) is 15.1 Å². The van der Waals surface area contributed by atoms with Crippen LogP contribution in [0.2, 0.25) is 0 Å². The minimum Gasteiger partial charge on any atom is -0.451 e. The first-order valence-electron chi connectivity index (χ1n) is 7.75. The van der Waals surface area contributed by atoms with Crippen LogP contribution in [0.3, 0.4) is 0 Å². The number of ether oxygens (including phenoxy) is 1. The number of nitrogens with zero attached hydrogens (tertiary/aromatic N) is 3. The second-order valence-corrected chi connectivity index (χ2v) is 8.46. The Balaban J connectivity index is 1.64. The monoisotopic (exact) mass is 386 g/mol. The minimum absolute atomic E-state index is 0.0532. The van der Waals surface area contributed by atoms with Crippen molar-refractivity contribution in [3.63, 3.8) is 0 Å². The van der Waals surface area contributed by atoms with Crippen molar-refractivity contribution < 1.29 is 22.5 Å². The molecule has 0 aliphatic carbocycles. The van der Waals surface area contributed by atoms with Gasteiger partial charge in [0.2, 0.25) is 10.0 Å². The summed E-state index contributed by atoms with van der Waals surface area (Å²) in [5.74, 6) is 1.56. The van der Waals surface area contributed by atoms with Crippen molar-refractivity contribution in [2.45, 2.75) is 24.8 Å². The molecule has 136 valence electrons. The van der Waals surface area contributed by atoms with Gasteiger partial charge in [0.1, 0.15) is 10.6 Å². The molecular weight excluding hydrogens is 368 g/mol. The van der Waals surface area contributed by atoms with Gasteiger partial charge in [-0.3, -0.25) is 0 Å². The van der Waals surface area contributed by atoms with Crippen molar-refractivity contribution in [1.29, 1.82) is 0 Å². The molecule has 1 fully saturated rings. The molecule has 2 aromatic rings. The van der Waals surface area contributed by atoms with E-state index in [4.69, 9.17) is 9.26 Å². The smallest absolute Gasteiger partial charge is 0.355 e. The number of nitrogens with one attached hydrogen (secondary N) is 1. The van der Waals surface area contributed by atoms with E-state index in [1.165, 1.54) is 16.6 Å². The number of aromatic nitrogens is 3. The van der Waals surface area contributed by atoms with E-state index in [1.54, 1.807) is 11.8 Å². The van der Waals surface area contributed by atoms with Gasteiger partial charge in [-0.1, -0.05) is 12.1 Å². The predicted octanol–water partition coefficient (Wildman–Crippen LogP) is 1.05. The van der Waals surface area contributed by atoms with Crippen molar-refractivity contribution in [3.8, 4) is 0 Å². The van der Waals surface area contributed by atoms with Gasteiger partial charge in [-0.05, 0) is 6.07 Å². The number of carbonyl (C=O) groups excluding carboxylic acids is 1. The molecule has 1 aliphatic rings. The fourth-order valence-electron chi connectivity index (χ4n) is 2.27. The predicted molar refractivity (Wildman–Crippen MR) is 89.7 cm³/mol. The third-order valence-corrected chi connectivity index (χ3v) is 6.46. The first-order valence-corrected chi connectivity index (χ1v) is 10.3. The Morgan fingerprint density at radius 2 is 2.20 bits per heavy atom. The van der Waals surface area contributed by atoms with E-state index in [9.17, 15) is 13.2 Å². The third-order valence-electron chi connectivity index (χ3n) is 3.64. The Morgan fingerprint density at radius 3 is 2.88 bits per heavy atom. The normalized spacial score (nSPS) is 16.0. The number of aromatic amines is 1. The fraction of sp³-hybridized carbons (Fsp3) is 0.500. The molecule has 0 bridgehead atoms. The van der Waals surface area contributed by atoms with Gasteiger partial charge in [0, 0.05) is 37.2 Å². The molecule has 3 rings (SSSR count). The van der Waals surface area contributed by atoms with Crippen LogP contribution in [-0.4, -0.2) is 58.4 Å². The summed E-state index contributed by atoms with van der Waals surface area (Å²) in [6, 6.07) is 1.28. The lowest BCUT2D eigenvalue weighted by molar-refractivity contribution is 0.0423. The van der Waals surface area contributed by atoms with Crippen molar-refractivity contribution in [3.05, 3.63) is 29.7 Å². The van der Waals surface area contributed by atoms with Gasteiger partial charge in [-0.25, -0.2) is 13.2 Å². The SMILES string of the molecule is CCc1noc(COC(=O)c2cc(S(=O)(=O)N3CCSCC3)c[nH]2)n1. The van der Waals surface area contributed by atoms with Crippen LogP contribution in [0.15, 0.2) is 21.7 Å². The number of carbonyl (C=O) groups is 1. The summed E-state index contributed by atoms with van der Waals surface area (Å²) in [7, 11) is -3.60. The number of rotatable bonds is 6. The zero-order chi connectivity index (χ0) is 17.9. The Kier molecular flexibility index (Phi) is 5.45. The molecule has 0 unspecified atom stereocenters. The van der Waals surface area contributed by atoms with Crippen LogP contribution in [0.1, 0.15) is 29.1 Å². The number of thioether (sulfide) groups is 1. The molecule has 3 heterocycles. The van der Waals surface area contributed by atoms with Crippen LogP contribution in [0, 0.1) is 0 Å². The van der Waals surface area contributed by atoms with Crippen LogP contribution in [-0.2, 0) is 27.8 Å². The average Bonchev–Trinajstić information content (AvgIpc) is 3.30. The zero-order valence-electron chi connectivity index (χ0n) is 13.6. The van der Waals surface area contributed by atoms with Gasteiger partial charge < -0.3 is 14.2 Å². The minimum atomic E-state index is -3.60. The Morgan fingerprint density at radius 1 is 1.44 bits per heavy atom. The summed E-state index contributed by atoms with van der Waals surface area (Å²) in [6.45, 7) is 2.64. The summed E-state index contributed by atoms with van der Waals surface area (Å²) >= 11 is 1.72. The second-order valence-electron chi connectivity index (χ2n) is 5.30. The van der Waals surface area contributed by atoms with Gasteiger partial charge in [-0.15, -0.1) is 0 Å². The number of hydrogen-bond acceptors (Lipinski definition) is 8. The molecule has 0 aromatic carbocycles. The van der Waals surface area contributed by atoms with Crippen LogP contribution in [0.25, 0.3) is 0 Å². The number of H-pyrrole nitrogens is 1. The summed E-state index contributed by atoms with van der Waals surface area (Å²) < 4.78 is 36.5. The first kappa shape index (κ1) is 18.0. The molecule has 0 radical (unpaired) electrons. The quantitative estimate of drug-likeness (QED) is 0.732. The van der Waals surface area contributed by atoms with Crippen molar-refractivity contribution in [2.75, 3.05) is 24.6 Å². The standard InChI is InChI=1S/C14H18N4O5S2/c1-2-12-16-13(23-17-12)9-22-14(19)11-7-10(8-15-11)25(20,21)18-3-5-24-6-4-18/h7-8,15H,2-6,9H2,1H3. The van der Waals surface area contributed by atoms with Crippen LogP contribution in [0.4, 0.5) is 0 Å². The summed E-state index contributed by atoms with van der Waals surface area (Å²) in [5, 5.41) is 3.70. The molecule has 1 aliphatic heterocycles. The Labute approximate surface area is 149 Å². The molecule has 0 saturated carbocycles. The highest BCUT2D eigenvalue weighted by molar-refractivity contribution is 7.99. The lowest BCUT2D eigenvalue weighted by atomic mass is 10.4. The van der Waals surface area contributed by atoms with Gasteiger partial charge >= 0.3 is 5.97 Å². The summed E-state index contributed by atoms with van der Waals surface area (Å²) in [4.78, 5) is 18.8. The molecule has 2 aromatic heterocycles. The van der Waals surface area contributed by atoms with Gasteiger partial charge in [0.25, 0.3) is 5.89 Å². The van der Waals surface area contributed by atoms with Crippen LogP contribution < -0.4 is 0 Å². The molecule has 1 N–H and O–H groups in total. The number of esters is 1. The van der Waals surface area contributed by atoms with E-state index < -0.39 is 16.0 Å². The number of aryl methyl sites for hydroxylation is 1. The molecule has 9 nitrogen and oxygen atoms in total. The Bertz CT molecular complexity index is 839. The molecule has 0 spiro atoms. The maximum absolute atomic E-state index is 12.5. The maximum Gasteiger partial charge on any atom is 0.355 e. The van der Waals surface area contributed by atoms with E-state index in [0.717, 1.165) is 11.5 Å². The van der Waals surface area contributed by atoms with Crippen molar-refractivity contribution >= 4 is 27.8 Å². The lowest BCUT2D eigenvalue weighted by Gasteiger charge is -2.24. The molecule has 11 heteroatoms. The summed E-state index contributed by atoms with van der Waals surface area (Å²) in [5.41, 5.74) is 0.0557. The molecule has 0 atom stereocenters. The summed E-state index contributed by atoms with van der Waals surface area (Å²) in [6.07, 6.45) is 1.92. The molecule has 25 heavy (non-hydrogen) atoms. The highest BCUT2D eigenvalue weighted by atomic mass is 32.2. The van der Waals surface area contributed by atoms with Crippen molar-refractivity contribution in [2.24, 2.45) is 0 Å². The number of hydrogen-bond donors (Lipinski definition) is 1. The van der Waals surface area contributed by atoms with E-state index in [0.29, 0.717) is 25.3 Å². The van der Waals surface area contributed by atoms with Crippen molar-refractivity contribution in [1.82, 2.24) is 19.4 Å². The lowest BCUT2D eigenvalue weighted by Crippen LogP contribution is -2.37. The highest BCUT2D eigenvalue weighted by Crippen LogP contribution is 2.21. The van der Waals surface area contributed by atoms with E-state index >= 15 is 0 Å². The second kappa shape index (κ2) is 7.58. The largest absolute Gasteiger partial charge is 0.451 e. The first-order chi connectivity index (χ1) is 12.0. The molecule has 1 saturated heterocycles. The Hall–Kier alpha value is -1.85. The fourth-order valence-corrected chi connectivity index (χ4v) is 4.84. The van der Waals surface area contributed by atoms with Gasteiger partial charge in [-0.2, -0.15) is 21.1 Å². The van der Waals surface area contributed by atoms with Gasteiger partial charge in [0.15, 0.2) is 12.4 Å².